The van der Waals surface area contributed by atoms with Gasteiger partial charge in [0.1, 0.15) is 11.6 Å². The Kier molecular flexibility index (Phi) is 5.86. The first-order chi connectivity index (χ1) is 13.7. The monoisotopic (exact) mass is 399 g/mol. The van der Waals surface area contributed by atoms with Crippen molar-refractivity contribution in [2.24, 2.45) is 4.99 Å². The third-order valence-corrected chi connectivity index (χ3v) is 5.55. The summed E-state index contributed by atoms with van der Waals surface area (Å²) in [7, 11) is 1.81. The highest BCUT2D eigenvalue weighted by Gasteiger charge is 2.25. The second-order valence-corrected chi connectivity index (χ2v) is 7.58. The number of nitrogens with zero attached hydrogens (tertiary/aromatic N) is 3. The number of fused-ring (bicyclic) bond motifs is 1. The van der Waals surface area contributed by atoms with Crippen molar-refractivity contribution in [2.45, 2.75) is 25.3 Å². The van der Waals surface area contributed by atoms with Crippen LogP contribution in [0.4, 0.5) is 5.82 Å². The number of anilines is 1. The Bertz CT molecular complexity index is 856. The maximum absolute atomic E-state index is 6.28. The van der Waals surface area contributed by atoms with Gasteiger partial charge in [-0.2, -0.15) is 0 Å². The maximum Gasteiger partial charge on any atom is 0.191 e. The van der Waals surface area contributed by atoms with E-state index in [9.17, 15) is 0 Å². The lowest BCUT2D eigenvalue weighted by molar-refractivity contribution is 0.357. The normalized spacial score (nSPS) is 18.7. The molecule has 6 nitrogen and oxygen atoms in total. The molecule has 1 unspecified atom stereocenters. The van der Waals surface area contributed by atoms with Crippen LogP contribution in [0.1, 0.15) is 17.5 Å². The van der Waals surface area contributed by atoms with Crippen molar-refractivity contribution in [3.8, 4) is 5.75 Å². The zero-order chi connectivity index (χ0) is 19.3. The molecule has 28 heavy (non-hydrogen) atoms. The van der Waals surface area contributed by atoms with Crippen LogP contribution in [-0.4, -0.2) is 50.3 Å². The van der Waals surface area contributed by atoms with Gasteiger partial charge in [0.05, 0.1) is 11.6 Å². The highest BCUT2D eigenvalue weighted by molar-refractivity contribution is 6.32. The molecule has 1 fully saturated rings. The molecule has 2 aromatic rings. The fourth-order valence-corrected chi connectivity index (χ4v) is 4.03. The largest absolute Gasteiger partial charge is 0.493 e. The molecular weight excluding hydrogens is 374 g/mol. The number of ether oxygens (including phenoxy) is 1. The van der Waals surface area contributed by atoms with E-state index in [1.54, 1.807) is 6.20 Å². The number of hydrogen-bond acceptors (Lipinski definition) is 4. The number of aromatic nitrogens is 1. The Labute approximate surface area is 171 Å². The number of rotatable bonds is 5. The number of aliphatic imine (C=N–C) groups is 1. The first-order valence-electron chi connectivity index (χ1n) is 9.80. The second kappa shape index (κ2) is 8.69. The summed E-state index contributed by atoms with van der Waals surface area (Å²) in [6.07, 6.45) is 4.78. The Morgan fingerprint density at radius 2 is 2.32 bits per heavy atom. The highest BCUT2D eigenvalue weighted by atomic mass is 35.5. The fraction of sp³-hybridized carbons (Fsp3) is 0.429. The molecular formula is C21H26ClN5O. The number of benzene rings is 1. The van der Waals surface area contributed by atoms with Gasteiger partial charge in [0.25, 0.3) is 0 Å². The van der Waals surface area contributed by atoms with Crippen molar-refractivity contribution >= 4 is 23.4 Å². The van der Waals surface area contributed by atoms with Gasteiger partial charge in [0.15, 0.2) is 5.96 Å². The van der Waals surface area contributed by atoms with Crippen LogP contribution in [0.25, 0.3) is 0 Å². The van der Waals surface area contributed by atoms with Crippen LogP contribution in [0.2, 0.25) is 5.02 Å². The molecule has 0 bridgehead atoms. The highest BCUT2D eigenvalue weighted by Crippen LogP contribution is 2.26. The fourth-order valence-electron chi connectivity index (χ4n) is 3.79. The Hall–Kier alpha value is -2.47. The van der Waals surface area contributed by atoms with Crippen LogP contribution in [0.15, 0.2) is 41.5 Å². The molecule has 1 aromatic heterocycles. The SMILES string of the molecule is CN=C(NCCc1ccc2c(c1)CCO2)NC1CCN(c2ncccc2Cl)C1. The van der Waals surface area contributed by atoms with E-state index in [-0.39, 0.29) is 0 Å². The van der Waals surface area contributed by atoms with Gasteiger partial charge in [0.2, 0.25) is 0 Å². The van der Waals surface area contributed by atoms with Crippen LogP contribution in [0.3, 0.4) is 0 Å². The summed E-state index contributed by atoms with van der Waals surface area (Å²) < 4.78 is 5.57. The number of nitrogens with one attached hydrogen (secondary N) is 2. The lowest BCUT2D eigenvalue weighted by Crippen LogP contribution is -2.45. The van der Waals surface area contributed by atoms with Crippen LogP contribution < -0.4 is 20.3 Å². The van der Waals surface area contributed by atoms with E-state index in [0.717, 1.165) is 63.0 Å². The van der Waals surface area contributed by atoms with Crippen LogP contribution in [0, 0.1) is 0 Å². The number of pyridine rings is 1. The van der Waals surface area contributed by atoms with Crippen molar-refractivity contribution < 1.29 is 4.74 Å². The van der Waals surface area contributed by atoms with Gasteiger partial charge < -0.3 is 20.3 Å². The molecule has 0 amide bonds. The predicted octanol–water partition coefficient (Wildman–Crippen LogP) is 2.66. The lowest BCUT2D eigenvalue weighted by Gasteiger charge is -2.20. The Morgan fingerprint density at radius 1 is 1.39 bits per heavy atom. The van der Waals surface area contributed by atoms with E-state index >= 15 is 0 Å². The third-order valence-electron chi connectivity index (χ3n) is 5.25. The molecule has 7 heteroatoms. The molecule has 2 aliphatic heterocycles. The van der Waals surface area contributed by atoms with Crippen LogP contribution in [0.5, 0.6) is 5.75 Å². The average Bonchev–Trinajstić information content (AvgIpc) is 3.36. The van der Waals surface area contributed by atoms with Crippen LogP contribution >= 0.6 is 11.6 Å². The van der Waals surface area contributed by atoms with Gasteiger partial charge >= 0.3 is 0 Å². The molecule has 2 aliphatic rings. The molecule has 148 valence electrons. The molecule has 0 radical (unpaired) electrons. The zero-order valence-corrected chi connectivity index (χ0v) is 16.9. The summed E-state index contributed by atoms with van der Waals surface area (Å²) in [5.74, 6) is 2.73. The minimum absolute atomic E-state index is 0.321. The molecule has 1 aromatic carbocycles. The van der Waals surface area contributed by atoms with Crippen molar-refractivity contribution in [1.82, 2.24) is 15.6 Å². The van der Waals surface area contributed by atoms with Crippen molar-refractivity contribution in [2.75, 3.05) is 38.2 Å². The van der Waals surface area contributed by atoms with E-state index in [1.807, 2.05) is 19.2 Å². The van der Waals surface area contributed by atoms with Gasteiger partial charge in [0, 0.05) is 45.3 Å². The minimum Gasteiger partial charge on any atom is -0.493 e. The van der Waals surface area contributed by atoms with E-state index in [4.69, 9.17) is 16.3 Å². The maximum atomic E-state index is 6.28. The van der Waals surface area contributed by atoms with Gasteiger partial charge in [-0.1, -0.05) is 23.7 Å². The summed E-state index contributed by atoms with van der Waals surface area (Å²) in [6, 6.07) is 10.6. The average molecular weight is 400 g/mol. The predicted molar refractivity (Wildman–Crippen MR) is 114 cm³/mol. The summed E-state index contributed by atoms with van der Waals surface area (Å²) in [6.45, 7) is 3.43. The minimum atomic E-state index is 0.321. The number of guanidine groups is 1. The topological polar surface area (TPSA) is 61.8 Å². The first kappa shape index (κ1) is 18.9. The van der Waals surface area contributed by atoms with E-state index < -0.39 is 0 Å². The Balaban J connectivity index is 1.26. The summed E-state index contributed by atoms with van der Waals surface area (Å²) in [4.78, 5) is 11.0. The van der Waals surface area contributed by atoms with Gasteiger partial charge in [-0.05, 0) is 42.2 Å². The number of hydrogen-bond donors (Lipinski definition) is 2. The first-order valence-corrected chi connectivity index (χ1v) is 10.2. The molecule has 2 N–H and O–H groups in total. The van der Waals surface area contributed by atoms with E-state index in [0.29, 0.717) is 11.1 Å². The van der Waals surface area contributed by atoms with Crippen LogP contribution in [-0.2, 0) is 12.8 Å². The van der Waals surface area contributed by atoms with E-state index in [1.165, 1.54) is 11.1 Å². The molecule has 1 atom stereocenters. The summed E-state index contributed by atoms with van der Waals surface area (Å²) in [5.41, 5.74) is 2.64. The molecule has 1 saturated heterocycles. The zero-order valence-electron chi connectivity index (χ0n) is 16.1. The lowest BCUT2D eigenvalue weighted by atomic mass is 10.1. The smallest absolute Gasteiger partial charge is 0.191 e. The molecule has 3 heterocycles. The van der Waals surface area contributed by atoms with Crippen molar-refractivity contribution in [3.05, 3.63) is 52.7 Å². The summed E-state index contributed by atoms with van der Waals surface area (Å²) >= 11 is 6.28. The molecule has 0 aliphatic carbocycles. The quantitative estimate of drug-likeness (QED) is 0.598. The molecule has 4 rings (SSSR count). The standard InChI is InChI=1S/C21H26ClN5O/c1-23-21(25-10-6-15-4-5-19-16(13-15)8-12-28-19)26-17-7-11-27(14-17)20-18(22)3-2-9-24-20/h2-5,9,13,17H,6-8,10-12,14H2,1H3,(H2,23,25,26). The third kappa shape index (κ3) is 4.33. The van der Waals surface area contributed by atoms with E-state index in [2.05, 4.69) is 43.7 Å². The molecule has 0 spiro atoms. The van der Waals surface area contributed by atoms with Gasteiger partial charge in [-0.25, -0.2) is 4.98 Å². The van der Waals surface area contributed by atoms with Crippen molar-refractivity contribution in [3.63, 3.8) is 0 Å². The van der Waals surface area contributed by atoms with Gasteiger partial charge in [-0.3, -0.25) is 4.99 Å². The Morgan fingerprint density at radius 3 is 3.18 bits per heavy atom. The van der Waals surface area contributed by atoms with Gasteiger partial charge in [-0.15, -0.1) is 0 Å². The van der Waals surface area contributed by atoms with Crippen molar-refractivity contribution in [1.29, 1.82) is 0 Å². The molecule has 0 saturated carbocycles. The summed E-state index contributed by atoms with van der Waals surface area (Å²) in [5, 5.41) is 7.64. The second-order valence-electron chi connectivity index (χ2n) is 7.17. The number of halogens is 1.